The zero-order chi connectivity index (χ0) is 21.6. The van der Waals surface area contributed by atoms with E-state index in [0.29, 0.717) is 11.3 Å². The first kappa shape index (κ1) is 20.0. The van der Waals surface area contributed by atoms with Crippen molar-refractivity contribution in [3.8, 4) is 11.3 Å². The lowest BCUT2D eigenvalue weighted by Crippen LogP contribution is -2.45. The van der Waals surface area contributed by atoms with E-state index in [4.69, 9.17) is 4.74 Å². The van der Waals surface area contributed by atoms with Gasteiger partial charge in [0.2, 0.25) is 0 Å². The van der Waals surface area contributed by atoms with E-state index in [0.717, 1.165) is 29.7 Å². The fraction of sp³-hybridized carbons (Fsp3) is 0.304. The summed E-state index contributed by atoms with van der Waals surface area (Å²) in [4.78, 5) is 29.1. The lowest BCUT2D eigenvalue weighted by molar-refractivity contribution is -0.00514. The van der Waals surface area contributed by atoms with Crippen molar-refractivity contribution in [1.29, 1.82) is 0 Å². The first-order valence-electron chi connectivity index (χ1n) is 9.89. The number of carbonyl (C=O) groups is 2. The SMILES string of the molecule is Cc1c(C(=O)O)ccc(-c2cc3cccc(N4CC(C)OC(C)C4)c3[nH]2)c1C(=O)O. The number of nitrogens with one attached hydrogen (secondary N) is 1. The molecule has 1 saturated heterocycles. The molecule has 0 amide bonds. The number of ether oxygens (including phenoxy) is 1. The molecule has 2 unspecified atom stereocenters. The van der Waals surface area contributed by atoms with Crippen LogP contribution >= 0.6 is 0 Å². The van der Waals surface area contributed by atoms with Crippen molar-refractivity contribution in [3.05, 3.63) is 53.1 Å². The van der Waals surface area contributed by atoms with Gasteiger partial charge in [-0.15, -0.1) is 0 Å². The van der Waals surface area contributed by atoms with Gasteiger partial charge in [0.15, 0.2) is 0 Å². The highest BCUT2D eigenvalue weighted by Crippen LogP contribution is 2.34. The van der Waals surface area contributed by atoms with Gasteiger partial charge in [0.1, 0.15) is 0 Å². The number of H-pyrrole nitrogens is 1. The third-order valence-corrected chi connectivity index (χ3v) is 5.59. The molecule has 1 aliphatic rings. The molecule has 0 spiro atoms. The molecule has 3 N–H and O–H groups in total. The molecular weight excluding hydrogens is 384 g/mol. The summed E-state index contributed by atoms with van der Waals surface area (Å²) in [6.07, 6.45) is 0.228. The Hall–Kier alpha value is -3.32. The predicted molar refractivity (Wildman–Crippen MR) is 115 cm³/mol. The minimum atomic E-state index is -1.15. The van der Waals surface area contributed by atoms with Gasteiger partial charge in [-0.25, -0.2) is 9.59 Å². The monoisotopic (exact) mass is 408 g/mol. The van der Waals surface area contributed by atoms with Gasteiger partial charge in [0.25, 0.3) is 0 Å². The molecule has 1 aliphatic heterocycles. The van der Waals surface area contributed by atoms with Crippen LogP contribution in [0.5, 0.6) is 0 Å². The standard InChI is InChI=1S/C23H24N2O5/c1-12-10-25(11-13(2)30-12)19-6-4-5-15-9-18(24-21(15)19)17-8-7-16(22(26)27)14(3)20(17)23(28)29/h4-9,12-13,24H,10-11H2,1-3H3,(H,26,27)(H,28,29). The zero-order valence-electron chi connectivity index (χ0n) is 17.1. The lowest BCUT2D eigenvalue weighted by atomic mass is 9.95. The number of hydrogen-bond acceptors (Lipinski definition) is 4. The van der Waals surface area contributed by atoms with Crippen LogP contribution in [0.15, 0.2) is 36.4 Å². The molecule has 4 rings (SSSR count). The average molecular weight is 408 g/mol. The number of anilines is 1. The van der Waals surface area contributed by atoms with Crippen molar-refractivity contribution in [2.24, 2.45) is 0 Å². The zero-order valence-corrected chi connectivity index (χ0v) is 17.1. The van der Waals surface area contributed by atoms with Gasteiger partial charge in [-0.1, -0.05) is 18.2 Å². The Bertz CT molecular complexity index is 1140. The number of aromatic nitrogens is 1. The first-order chi connectivity index (χ1) is 14.3. The van der Waals surface area contributed by atoms with Crippen molar-refractivity contribution in [1.82, 2.24) is 4.98 Å². The van der Waals surface area contributed by atoms with Crippen LogP contribution in [0.25, 0.3) is 22.2 Å². The summed E-state index contributed by atoms with van der Waals surface area (Å²) < 4.78 is 5.85. The van der Waals surface area contributed by atoms with Crippen LogP contribution in [-0.4, -0.2) is 52.4 Å². The Morgan fingerprint density at radius 2 is 1.77 bits per heavy atom. The molecule has 2 aromatic carbocycles. The lowest BCUT2D eigenvalue weighted by Gasteiger charge is -2.37. The normalized spacial score (nSPS) is 19.2. The van der Waals surface area contributed by atoms with Gasteiger partial charge < -0.3 is 24.8 Å². The van der Waals surface area contributed by atoms with Crippen LogP contribution in [0, 0.1) is 6.92 Å². The minimum absolute atomic E-state index is 0.00313. The number of aromatic carboxylic acids is 2. The maximum atomic E-state index is 12.0. The maximum Gasteiger partial charge on any atom is 0.336 e. The smallest absolute Gasteiger partial charge is 0.336 e. The topological polar surface area (TPSA) is 103 Å². The third-order valence-electron chi connectivity index (χ3n) is 5.59. The van der Waals surface area contributed by atoms with Crippen molar-refractivity contribution < 1.29 is 24.5 Å². The van der Waals surface area contributed by atoms with Gasteiger partial charge in [-0.3, -0.25) is 0 Å². The number of benzene rings is 2. The van der Waals surface area contributed by atoms with Gasteiger partial charge in [-0.05, 0) is 44.5 Å². The summed E-state index contributed by atoms with van der Waals surface area (Å²) in [6.45, 7) is 7.17. The second-order valence-electron chi connectivity index (χ2n) is 7.86. The van der Waals surface area contributed by atoms with E-state index < -0.39 is 11.9 Å². The number of rotatable bonds is 4. The van der Waals surface area contributed by atoms with E-state index in [-0.39, 0.29) is 28.9 Å². The van der Waals surface area contributed by atoms with Crippen LogP contribution in [0.2, 0.25) is 0 Å². The Kier molecular flexibility index (Phi) is 4.99. The van der Waals surface area contributed by atoms with Crippen molar-refractivity contribution >= 4 is 28.5 Å². The van der Waals surface area contributed by atoms with Crippen LogP contribution < -0.4 is 4.90 Å². The molecule has 30 heavy (non-hydrogen) atoms. The number of carboxylic acids is 2. The first-order valence-corrected chi connectivity index (χ1v) is 9.89. The number of hydrogen-bond donors (Lipinski definition) is 3. The largest absolute Gasteiger partial charge is 0.478 e. The summed E-state index contributed by atoms with van der Waals surface area (Å²) in [6, 6.07) is 10.9. The Balaban J connectivity index is 1.85. The Morgan fingerprint density at radius 1 is 1.07 bits per heavy atom. The second kappa shape index (κ2) is 7.50. The molecule has 3 aromatic rings. The molecule has 0 radical (unpaired) electrons. The van der Waals surface area contributed by atoms with Crippen molar-refractivity contribution in [2.45, 2.75) is 33.0 Å². The van der Waals surface area contributed by atoms with E-state index in [2.05, 4.69) is 23.7 Å². The summed E-state index contributed by atoms with van der Waals surface area (Å²) in [7, 11) is 0. The number of para-hydroxylation sites is 1. The number of aromatic amines is 1. The Morgan fingerprint density at radius 3 is 2.40 bits per heavy atom. The molecule has 2 heterocycles. The summed E-state index contributed by atoms with van der Waals surface area (Å²) in [5.41, 5.74) is 3.30. The summed E-state index contributed by atoms with van der Waals surface area (Å²) >= 11 is 0. The highest BCUT2D eigenvalue weighted by Gasteiger charge is 2.25. The van der Waals surface area contributed by atoms with Crippen molar-refractivity contribution in [2.75, 3.05) is 18.0 Å². The third kappa shape index (κ3) is 3.41. The molecule has 7 heteroatoms. The van der Waals surface area contributed by atoms with Crippen LogP contribution in [0.1, 0.15) is 40.1 Å². The highest BCUT2D eigenvalue weighted by molar-refractivity contribution is 6.03. The molecule has 0 bridgehead atoms. The Labute approximate surface area is 173 Å². The maximum absolute atomic E-state index is 12.0. The molecule has 0 saturated carbocycles. The quantitative estimate of drug-likeness (QED) is 0.599. The van der Waals surface area contributed by atoms with Crippen LogP contribution in [0.3, 0.4) is 0 Å². The number of morpholine rings is 1. The molecule has 1 aromatic heterocycles. The highest BCUT2D eigenvalue weighted by atomic mass is 16.5. The molecule has 0 aliphatic carbocycles. The summed E-state index contributed by atoms with van der Waals surface area (Å²) in [5.74, 6) is -2.30. The fourth-order valence-electron chi connectivity index (χ4n) is 4.37. The van der Waals surface area contributed by atoms with Crippen LogP contribution in [-0.2, 0) is 4.74 Å². The number of fused-ring (bicyclic) bond motifs is 1. The van der Waals surface area contributed by atoms with E-state index in [1.54, 1.807) is 6.07 Å². The van der Waals surface area contributed by atoms with Gasteiger partial charge in [0, 0.05) is 29.7 Å². The van der Waals surface area contributed by atoms with Gasteiger partial charge in [-0.2, -0.15) is 0 Å². The number of carboxylic acid groups (broad SMARTS) is 2. The van der Waals surface area contributed by atoms with E-state index in [1.807, 2.05) is 24.3 Å². The molecular formula is C23H24N2O5. The van der Waals surface area contributed by atoms with E-state index >= 15 is 0 Å². The molecule has 2 atom stereocenters. The minimum Gasteiger partial charge on any atom is -0.478 e. The van der Waals surface area contributed by atoms with Gasteiger partial charge in [0.05, 0.1) is 34.5 Å². The van der Waals surface area contributed by atoms with E-state index in [1.165, 1.54) is 13.0 Å². The summed E-state index contributed by atoms with van der Waals surface area (Å²) in [5, 5.41) is 20.1. The van der Waals surface area contributed by atoms with Crippen molar-refractivity contribution in [3.63, 3.8) is 0 Å². The molecule has 156 valence electrons. The molecule has 7 nitrogen and oxygen atoms in total. The number of nitrogens with zero attached hydrogens (tertiary/aromatic N) is 1. The molecule has 1 fully saturated rings. The van der Waals surface area contributed by atoms with E-state index in [9.17, 15) is 19.8 Å². The van der Waals surface area contributed by atoms with Gasteiger partial charge >= 0.3 is 11.9 Å². The average Bonchev–Trinajstić information content (AvgIpc) is 3.10. The second-order valence-corrected chi connectivity index (χ2v) is 7.86. The van der Waals surface area contributed by atoms with Crippen LogP contribution in [0.4, 0.5) is 5.69 Å². The fourth-order valence-corrected chi connectivity index (χ4v) is 4.37. The predicted octanol–water partition coefficient (Wildman–Crippen LogP) is 4.15.